The summed E-state index contributed by atoms with van der Waals surface area (Å²) < 4.78 is 37.9. The highest BCUT2D eigenvalue weighted by molar-refractivity contribution is 8.00. The Hall–Kier alpha value is -1.70. The summed E-state index contributed by atoms with van der Waals surface area (Å²) >= 11 is 0.542. The van der Waals surface area contributed by atoms with Crippen molar-refractivity contribution in [3.05, 3.63) is 24.4 Å². The number of nitrogens with zero attached hydrogens (tertiary/aromatic N) is 2. The molecule has 1 heterocycles. The summed E-state index contributed by atoms with van der Waals surface area (Å²) in [4.78, 5) is 11.6. The molecule has 0 unspecified atom stereocenters. The first kappa shape index (κ1) is 16.7. The molecule has 0 saturated heterocycles. The van der Waals surface area contributed by atoms with Gasteiger partial charge < -0.3 is 5.32 Å². The van der Waals surface area contributed by atoms with E-state index in [0.717, 1.165) is 10.9 Å². The Morgan fingerprint density at radius 3 is 2.77 bits per heavy atom. The summed E-state index contributed by atoms with van der Waals surface area (Å²) in [7, 11) is 0. The molecule has 4 nitrogen and oxygen atoms in total. The predicted molar refractivity (Wildman–Crippen MR) is 82.1 cm³/mol. The van der Waals surface area contributed by atoms with Crippen LogP contribution < -0.4 is 5.32 Å². The number of hydrogen-bond acceptors (Lipinski definition) is 3. The molecule has 0 aliphatic rings. The maximum atomic E-state index is 12.0. The second-order valence-electron chi connectivity index (χ2n) is 5.13. The minimum absolute atomic E-state index is 0.226. The van der Waals surface area contributed by atoms with E-state index in [0.29, 0.717) is 17.4 Å². The number of alkyl halides is 3. The maximum absolute atomic E-state index is 12.0. The molecule has 0 atom stereocenters. The molecule has 2 rings (SSSR count). The number of carbonyl (C=O) groups excluding carboxylic acids is 1. The Kier molecular flexibility index (Phi) is 5.00. The van der Waals surface area contributed by atoms with Crippen molar-refractivity contribution >= 4 is 34.3 Å². The van der Waals surface area contributed by atoms with Gasteiger partial charge in [-0.15, -0.1) is 11.8 Å². The van der Waals surface area contributed by atoms with Crippen LogP contribution in [0, 0.1) is 0 Å². The monoisotopic (exact) mass is 331 g/mol. The lowest BCUT2D eigenvalue weighted by Crippen LogP contribution is -2.17. The van der Waals surface area contributed by atoms with Crippen molar-refractivity contribution in [2.45, 2.75) is 26.1 Å². The third-order valence-corrected chi connectivity index (χ3v) is 3.83. The number of aromatic nitrogens is 2. The van der Waals surface area contributed by atoms with Gasteiger partial charge in [0.15, 0.2) is 0 Å². The molecule has 1 amide bonds. The molecule has 0 saturated carbocycles. The lowest BCUT2D eigenvalue weighted by Gasteiger charge is -2.07. The van der Waals surface area contributed by atoms with E-state index in [1.807, 2.05) is 30.8 Å². The van der Waals surface area contributed by atoms with Gasteiger partial charge in [0.1, 0.15) is 0 Å². The van der Waals surface area contributed by atoms with Crippen LogP contribution in [0.2, 0.25) is 0 Å². The van der Waals surface area contributed by atoms with Crippen LogP contribution in [0.5, 0.6) is 0 Å². The summed E-state index contributed by atoms with van der Waals surface area (Å²) in [5.74, 6) is -1.73. The first-order chi connectivity index (χ1) is 10.2. The summed E-state index contributed by atoms with van der Waals surface area (Å²) in [5.41, 5.74) is 1.26. The average Bonchev–Trinajstić information content (AvgIpc) is 2.80. The largest absolute Gasteiger partial charge is 0.397 e. The molecule has 8 heteroatoms. The minimum atomic E-state index is -4.26. The normalized spacial score (nSPS) is 12.1. The minimum Gasteiger partial charge on any atom is -0.325 e. The Morgan fingerprint density at radius 2 is 2.14 bits per heavy atom. The maximum Gasteiger partial charge on any atom is 0.397 e. The van der Waals surface area contributed by atoms with Gasteiger partial charge in [0.25, 0.3) is 0 Å². The summed E-state index contributed by atoms with van der Waals surface area (Å²) in [6.07, 6.45) is -2.35. The number of rotatable bonds is 5. The van der Waals surface area contributed by atoms with Crippen LogP contribution >= 0.6 is 11.8 Å². The number of benzene rings is 1. The molecule has 1 aromatic heterocycles. The predicted octanol–water partition coefficient (Wildman–Crippen LogP) is 3.85. The Morgan fingerprint density at radius 1 is 1.41 bits per heavy atom. The van der Waals surface area contributed by atoms with E-state index in [1.54, 1.807) is 12.1 Å². The molecule has 0 bridgehead atoms. The highest BCUT2D eigenvalue weighted by Crippen LogP contribution is 2.22. The second-order valence-corrected chi connectivity index (χ2v) is 6.12. The Labute approximate surface area is 130 Å². The van der Waals surface area contributed by atoms with Gasteiger partial charge in [0.2, 0.25) is 5.91 Å². The van der Waals surface area contributed by atoms with Crippen molar-refractivity contribution in [1.82, 2.24) is 9.78 Å². The zero-order chi connectivity index (χ0) is 16.3. The van der Waals surface area contributed by atoms with Gasteiger partial charge in [-0.05, 0) is 32.0 Å². The molecule has 0 aliphatic heterocycles. The van der Waals surface area contributed by atoms with Gasteiger partial charge in [-0.2, -0.15) is 18.3 Å². The molecule has 1 N–H and O–H groups in total. The smallest absolute Gasteiger partial charge is 0.325 e. The molecule has 22 heavy (non-hydrogen) atoms. The first-order valence-corrected chi connectivity index (χ1v) is 7.83. The second kappa shape index (κ2) is 6.60. The van der Waals surface area contributed by atoms with Crippen LogP contribution in [-0.4, -0.2) is 33.4 Å². The van der Waals surface area contributed by atoms with Crippen molar-refractivity contribution in [1.29, 1.82) is 0 Å². The lowest BCUT2D eigenvalue weighted by atomic mass is 10.2. The van der Waals surface area contributed by atoms with Crippen LogP contribution in [0.15, 0.2) is 24.4 Å². The number of hydrogen-bond donors (Lipinski definition) is 1. The van der Waals surface area contributed by atoms with Crippen molar-refractivity contribution in [3.8, 4) is 0 Å². The van der Waals surface area contributed by atoms with E-state index >= 15 is 0 Å². The topological polar surface area (TPSA) is 46.9 Å². The molecule has 1 aromatic carbocycles. The van der Waals surface area contributed by atoms with Gasteiger partial charge in [0.05, 0.1) is 17.0 Å². The van der Waals surface area contributed by atoms with Gasteiger partial charge in [-0.1, -0.05) is 0 Å². The summed E-state index contributed by atoms with van der Waals surface area (Å²) in [5, 5.41) is 7.91. The number of carbonyl (C=O) groups is 1. The van der Waals surface area contributed by atoms with Crippen LogP contribution in [0.3, 0.4) is 0 Å². The average molecular weight is 331 g/mol. The highest BCUT2D eigenvalue weighted by Gasteiger charge is 2.27. The van der Waals surface area contributed by atoms with E-state index in [1.165, 1.54) is 0 Å². The van der Waals surface area contributed by atoms with Crippen molar-refractivity contribution in [3.63, 3.8) is 0 Å². The number of thioether (sulfide) groups is 1. The van der Waals surface area contributed by atoms with E-state index < -0.39 is 17.8 Å². The number of nitrogens with one attached hydrogen (secondary N) is 1. The molecule has 0 fully saturated rings. The quantitative estimate of drug-likeness (QED) is 0.905. The van der Waals surface area contributed by atoms with Gasteiger partial charge in [-0.3, -0.25) is 9.48 Å². The van der Waals surface area contributed by atoms with E-state index in [9.17, 15) is 18.0 Å². The number of amides is 1. The molecule has 0 radical (unpaired) electrons. The third-order valence-electron chi connectivity index (χ3n) is 2.84. The van der Waals surface area contributed by atoms with E-state index in [4.69, 9.17) is 0 Å². The molecule has 120 valence electrons. The van der Waals surface area contributed by atoms with Crippen molar-refractivity contribution in [2.24, 2.45) is 0 Å². The third kappa shape index (κ3) is 4.66. The summed E-state index contributed by atoms with van der Waals surface area (Å²) in [6, 6.07) is 5.46. The number of halogens is 3. The van der Waals surface area contributed by atoms with Gasteiger partial charge in [-0.25, -0.2) is 0 Å². The van der Waals surface area contributed by atoms with Crippen LogP contribution in [0.1, 0.15) is 19.9 Å². The highest BCUT2D eigenvalue weighted by atomic mass is 32.2. The van der Waals surface area contributed by atoms with Crippen LogP contribution in [-0.2, 0) is 4.79 Å². The Balaban J connectivity index is 1.97. The summed E-state index contributed by atoms with van der Waals surface area (Å²) in [6.45, 7) is 4.01. The van der Waals surface area contributed by atoms with Gasteiger partial charge in [0, 0.05) is 23.3 Å². The molecular formula is C14H16F3N3OS. The fourth-order valence-electron chi connectivity index (χ4n) is 1.83. The number of fused-ring (bicyclic) bond motifs is 1. The molecular weight excluding hydrogens is 315 g/mol. The number of anilines is 1. The fraction of sp³-hybridized carbons (Fsp3) is 0.429. The van der Waals surface area contributed by atoms with Crippen molar-refractivity contribution in [2.75, 3.05) is 16.8 Å². The Bertz CT molecular complexity index is 667. The van der Waals surface area contributed by atoms with Gasteiger partial charge >= 0.3 is 6.18 Å². The fourth-order valence-corrected chi connectivity index (χ4v) is 2.43. The van der Waals surface area contributed by atoms with Crippen LogP contribution in [0.25, 0.3) is 10.9 Å². The van der Waals surface area contributed by atoms with E-state index in [2.05, 4.69) is 10.4 Å². The van der Waals surface area contributed by atoms with Crippen molar-refractivity contribution < 1.29 is 18.0 Å². The molecule has 0 spiro atoms. The molecule has 0 aliphatic carbocycles. The van der Waals surface area contributed by atoms with Crippen LogP contribution in [0.4, 0.5) is 18.9 Å². The SMILES string of the molecule is CC(C)n1cc2ccc(NC(=O)CSCC(F)(F)F)cc2n1. The molecule has 2 aromatic rings. The first-order valence-electron chi connectivity index (χ1n) is 6.68. The zero-order valence-corrected chi connectivity index (χ0v) is 13.0. The zero-order valence-electron chi connectivity index (χ0n) is 12.1. The van der Waals surface area contributed by atoms with E-state index in [-0.39, 0.29) is 11.8 Å². The lowest BCUT2D eigenvalue weighted by molar-refractivity contribution is -0.113. The standard InChI is InChI=1S/C14H16F3N3OS/c1-9(2)20-6-10-3-4-11(5-12(10)19-20)18-13(21)7-22-8-14(15,16)17/h3-6,9H,7-8H2,1-2H3,(H,18,21).